The summed E-state index contributed by atoms with van der Waals surface area (Å²) in [6, 6.07) is 6.81. The van der Waals surface area contributed by atoms with Crippen LogP contribution in [0, 0.1) is 5.92 Å². The van der Waals surface area contributed by atoms with E-state index in [0.717, 1.165) is 0 Å². The molecule has 0 heterocycles. The van der Waals surface area contributed by atoms with Crippen LogP contribution in [-0.4, -0.2) is 28.9 Å². The zero-order valence-electron chi connectivity index (χ0n) is 13.2. The average Bonchev–Trinajstić information content (AvgIpc) is 2.55. The van der Waals surface area contributed by atoms with Crippen molar-refractivity contribution in [3.05, 3.63) is 29.8 Å². The zero-order valence-corrected chi connectivity index (χ0v) is 13.2. The SMILES string of the molecule is CCC(=O)Nc1cccc(C(=O)NC2CCC(C(=O)O)CC2)c1. The number of benzene rings is 1. The quantitative estimate of drug-likeness (QED) is 0.777. The molecule has 2 rings (SSSR count). The smallest absolute Gasteiger partial charge is 0.306 e. The molecule has 1 saturated carbocycles. The number of rotatable bonds is 5. The number of carboxylic acid groups (broad SMARTS) is 1. The second-order valence-electron chi connectivity index (χ2n) is 5.84. The molecule has 0 radical (unpaired) electrons. The molecule has 0 spiro atoms. The first kappa shape index (κ1) is 17.0. The van der Waals surface area contributed by atoms with E-state index in [1.165, 1.54) is 0 Å². The van der Waals surface area contributed by atoms with Crippen LogP contribution in [0.1, 0.15) is 49.4 Å². The number of carbonyl (C=O) groups excluding carboxylic acids is 2. The highest BCUT2D eigenvalue weighted by Crippen LogP contribution is 2.24. The zero-order chi connectivity index (χ0) is 16.8. The minimum atomic E-state index is -0.755. The van der Waals surface area contributed by atoms with Crippen molar-refractivity contribution in [1.29, 1.82) is 0 Å². The standard InChI is InChI=1S/C17H22N2O4/c1-2-15(20)18-14-5-3-4-12(10-14)16(21)19-13-8-6-11(7-9-13)17(22)23/h3-5,10-11,13H,2,6-9H2,1H3,(H,18,20)(H,19,21)(H,22,23). The molecule has 1 aliphatic rings. The number of hydrogen-bond acceptors (Lipinski definition) is 3. The third-order valence-electron chi connectivity index (χ3n) is 4.14. The van der Waals surface area contributed by atoms with E-state index in [-0.39, 0.29) is 23.8 Å². The highest BCUT2D eigenvalue weighted by molar-refractivity contribution is 5.97. The van der Waals surface area contributed by atoms with Gasteiger partial charge in [0.05, 0.1) is 5.92 Å². The van der Waals surface area contributed by atoms with Gasteiger partial charge in [0, 0.05) is 23.7 Å². The Bertz CT molecular complexity index is 592. The van der Waals surface area contributed by atoms with E-state index in [4.69, 9.17) is 5.11 Å². The minimum absolute atomic E-state index is 0.00647. The summed E-state index contributed by atoms with van der Waals surface area (Å²) >= 11 is 0. The maximum Gasteiger partial charge on any atom is 0.306 e. The summed E-state index contributed by atoms with van der Waals surface area (Å²) in [6.07, 6.45) is 2.91. The number of carbonyl (C=O) groups is 3. The summed E-state index contributed by atoms with van der Waals surface area (Å²) in [4.78, 5) is 34.6. The topological polar surface area (TPSA) is 95.5 Å². The summed E-state index contributed by atoms with van der Waals surface area (Å²) in [7, 11) is 0. The highest BCUT2D eigenvalue weighted by Gasteiger charge is 2.26. The second-order valence-corrected chi connectivity index (χ2v) is 5.84. The highest BCUT2D eigenvalue weighted by atomic mass is 16.4. The fraction of sp³-hybridized carbons (Fsp3) is 0.471. The number of anilines is 1. The molecule has 6 nitrogen and oxygen atoms in total. The minimum Gasteiger partial charge on any atom is -0.481 e. The fourth-order valence-corrected chi connectivity index (χ4v) is 2.74. The lowest BCUT2D eigenvalue weighted by atomic mass is 9.86. The van der Waals surface area contributed by atoms with Gasteiger partial charge in [0.1, 0.15) is 0 Å². The van der Waals surface area contributed by atoms with Gasteiger partial charge in [-0.2, -0.15) is 0 Å². The molecule has 0 atom stereocenters. The van der Waals surface area contributed by atoms with Gasteiger partial charge in [0.2, 0.25) is 5.91 Å². The van der Waals surface area contributed by atoms with E-state index in [2.05, 4.69) is 10.6 Å². The van der Waals surface area contributed by atoms with Gasteiger partial charge in [-0.25, -0.2) is 0 Å². The van der Waals surface area contributed by atoms with E-state index < -0.39 is 5.97 Å². The van der Waals surface area contributed by atoms with E-state index in [1.54, 1.807) is 31.2 Å². The van der Waals surface area contributed by atoms with E-state index in [0.29, 0.717) is 43.4 Å². The normalized spacial score (nSPS) is 20.6. The molecule has 1 aromatic rings. The first-order valence-electron chi connectivity index (χ1n) is 7.93. The Labute approximate surface area is 135 Å². The molecule has 124 valence electrons. The Balaban J connectivity index is 1.92. The van der Waals surface area contributed by atoms with Gasteiger partial charge < -0.3 is 15.7 Å². The van der Waals surface area contributed by atoms with Crippen molar-refractivity contribution in [3.8, 4) is 0 Å². The molecule has 6 heteroatoms. The number of aliphatic carboxylic acids is 1. The van der Waals surface area contributed by atoms with Gasteiger partial charge in [-0.05, 0) is 43.9 Å². The Morgan fingerprint density at radius 3 is 2.48 bits per heavy atom. The summed E-state index contributed by atoms with van der Waals surface area (Å²) < 4.78 is 0. The van der Waals surface area contributed by atoms with Gasteiger partial charge in [-0.15, -0.1) is 0 Å². The molecular formula is C17H22N2O4. The molecule has 1 aromatic carbocycles. The number of hydrogen-bond donors (Lipinski definition) is 3. The van der Waals surface area contributed by atoms with Crippen LogP contribution >= 0.6 is 0 Å². The van der Waals surface area contributed by atoms with Crippen LogP contribution in [0.2, 0.25) is 0 Å². The molecular weight excluding hydrogens is 296 g/mol. The second kappa shape index (κ2) is 7.76. The molecule has 0 saturated heterocycles. The Morgan fingerprint density at radius 1 is 1.17 bits per heavy atom. The van der Waals surface area contributed by atoms with Crippen molar-refractivity contribution >= 4 is 23.5 Å². The summed E-state index contributed by atoms with van der Waals surface area (Å²) in [5.41, 5.74) is 1.08. The summed E-state index contributed by atoms with van der Waals surface area (Å²) in [5.74, 6) is -1.35. The Kier molecular flexibility index (Phi) is 5.73. The largest absolute Gasteiger partial charge is 0.481 e. The van der Waals surface area contributed by atoms with E-state index in [9.17, 15) is 14.4 Å². The third kappa shape index (κ3) is 4.81. The molecule has 1 aliphatic carbocycles. The van der Waals surface area contributed by atoms with Crippen molar-refractivity contribution in [1.82, 2.24) is 5.32 Å². The van der Waals surface area contributed by atoms with Crippen molar-refractivity contribution in [2.24, 2.45) is 5.92 Å². The van der Waals surface area contributed by atoms with Crippen LogP contribution in [0.25, 0.3) is 0 Å². The third-order valence-corrected chi connectivity index (χ3v) is 4.14. The lowest BCUT2D eigenvalue weighted by molar-refractivity contribution is -0.142. The van der Waals surface area contributed by atoms with Gasteiger partial charge >= 0.3 is 5.97 Å². The monoisotopic (exact) mass is 318 g/mol. The predicted molar refractivity (Wildman–Crippen MR) is 86.2 cm³/mol. The van der Waals surface area contributed by atoms with Crippen molar-refractivity contribution in [2.45, 2.75) is 45.1 Å². The lowest BCUT2D eigenvalue weighted by Crippen LogP contribution is -2.38. The van der Waals surface area contributed by atoms with Crippen molar-refractivity contribution < 1.29 is 19.5 Å². The lowest BCUT2D eigenvalue weighted by Gasteiger charge is -2.26. The molecule has 0 bridgehead atoms. The van der Waals surface area contributed by atoms with Crippen molar-refractivity contribution in [2.75, 3.05) is 5.32 Å². The predicted octanol–water partition coefficient (Wildman–Crippen LogP) is 2.41. The number of amides is 2. The first-order valence-corrected chi connectivity index (χ1v) is 7.93. The van der Waals surface area contributed by atoms with Gasteiger partial charge in [0.15, 0.2) is 0 Å². The van der Waals surface area contributed by atoms with E-state index >= 15 is 0 Å². The molecule has 0 unspecified atom stereocenters. The molecule has 23 heavy (non-hydrogen) atoms. The molecule has 2 amide bonds. The fourth-order valence-electron chi connectivity index (χ4n) is 2.74. The van der Waals surface area contributed by atoms with Crippen LogP contribution in [-0.2, 0) is 9.59 Å². The summed E-state index contributed by atoms with van der Waals surface area (Å²) in [6.45, 7) is 1.76. The van der Waals surface area contributed by atoms with Crippen LogP contribution in [0.5, 0.6) is 0 Å². The van der Waals surface area contributed by atoms with Gasteiger partial charge in [0.25, 0.3) is 5.91 Å². The van der Waals surface area contributed by atoms with Gasteiger partial charge in [-0.1, -0.05) is 13.0 Å². The Morgan fingerprint density at radius 2 is 1.87 bits per heavy atom. The molecule has 3 N–H and O–H groups in total. The molecule has 0 aliphatic heterocycles. The maximum atomic E-state index is 12.3. The van der Waals surface area contributed by atoms with Crippen LogP contribution in [0.3, 0.4) is 0 Å². The molecule has 0 aromatic heterocycles. The van der Waals surface area contributed by atoms with Crippen LogP contribution in [0.15, 0.2) is 24.3 Å². The number of nitrogens with one attached hydrogen (secondary N) is 2. The van der Waals surface area contributed by atoms with E-state index in [1.807, 2.05) is 0 Å². The van der Waals surface area contributed by atoms with Crippen LogP contribution in [0.4, 0.5) is 5.69 Å². The average molecular weight is 318 g/mol. The van der Waals surface area contributed by atoms with Gasteiger partial charge in [-0.3, -0.25) is 14.4 Å². The maximum absolute atomic E-state index is 12.3. The first-order chi connectivity index (χ1) is 11.0. The summed E-state index contributed by atoms with van der Waals surface area (Å²) in [5, 5.41) is 14.7. The number of carboxylic acids is 1. The Hall–Kier alpha value is -2.37. The van der Waals surface area contributed by atoms with Crippen molar-refractivity contribution in [3.63, 3.8) is 0 Å². The molecule has 1 fully saturated rings. The van der Waals surface area contributed by atoms with Crippen LogP contribution < -0.4 is 10.6 Å².